The van der Waals surface area contributed by atoms with E-state index in [0.29, 0.717) is 11.8 Å². The van der Waals surface area contributed by atoms with E-state index in [4.69, 9.17) is 0 Å². The van der Waals surface area contributed by atoms with Crippen LogP contribution in [0.1, 0.15) is 46.0 Å². The second kappa shape index (κ2) is 5.92. The Morgan fingerprint density at radius 2 is 2.00 bits per heavy atom. The Balaban J connectivity index is 1.91. The Kier molecular flexibility index (Phi) is 4.67. The zero-order chi connectivity index (χ0) is 14.0. The third-order valence-electron chi connectivity index (χ3n) is 5.08. The second-order valence-electron chi connectivity index (χ2n) is 7.36. The zero-order valence-corrected chi connectivity index (χ0v) is 13.1. The van der Waals surface area contributed by atoms with Gasteiger partial charge in [0.25, 0.3) is 0 Å². The van der Waals surface area contributed by atoms with Crippen LogP contribution >= 0.6 is 0 Å². The van der Waals surface area contributed by atoms with Crippen LogP contribution < -0.4 is 0 Å². The number of carbonyl (C=O) groups is 1. The Morgan fingerprint density at radius 1 is 1.26 bits per heavy atom. The van der Waals surface area contributed by atoms with Gasteiger partial charge in [-0.3, -0.25) is 4.79 Å². The summed E-state index contributed by atoms with van der Waals surface area (Å²) in [7, 11) is 4.34. The molecule has 0 bridgehead atoms. The summed E-state index contributed by atoms with van der Waals surface area (Å²) in [5.74, 6) is 0.787. The molecule has 1 aliphatic carbocycles. The van der Waals surface area contributed by atoms with Crippen molar-refractivity contribution in [1.29, 1.82) is 0 Å². The SMILES string of the molecule is CN(C)C1CCCN(CC2CCCC(C)(C)C2=O)C1. The van der Waals surface area contributed by atoms with Gasteiger partial charge in [-0.1, -0.05) is 20.3 Å². The largest absolute Gasteiger partial charge is 0.305 e. The van der Waals surface area contributed by atoms with Crippen molar-refractivity contribution in [3.63, 3.8) is 0 Å². The minimum absolute atomic E-state index is 0.0837. The maximum Gasteiger partial charge on any atom is 0.142 e. The van der Waals surface area contributed by atoms with E-state index >= 15 is 0 Å². The molecular formula is C16H30N2O. The van der Waals surface area contributed by atoms with Crippen LogP contribution in [0.25, 0.3) is 0 Å². The molecule has 0 N–H and O–H groups in total. The van der Waals surface area contributed by atoms with E-state index in [1.165, 1.54) is 25.8 Å². The van der Waals surface area contributed by atoms with Gasteiger partial charge in [0.05, 0.1) is 0 Å². The predicted octanol–water partition coefficient (Wildman–Crippen LogP) is 2.41. The maximum atomic E-state index is 12.5. The highest BCUT2D eigenvalue weighted by molar-refractivity contribution is 5.87. The quantitative estimate of drug-likeness (QED) is 0.784. The number of carbonyl (C=O) groups excluding carboxylic acids is 1. The molecule has 0 radical (unpaired) electrons. The Labute approximate surface area is 118 Å². The number of piperidine rings is 1. The van der Waals surface area contributed by atoms with Crippen LogP contribution in [0.15, 0.2) is 0 Å². The van der Waals surface area contributed by atoms with Crippen LogP contribution in [0.5, 0.6) is 0 Å². The van der Waals surface area contributed by atoms with Crippen molar-refractivity contribution in [2.75, 3.05) is 33.7 Å². The average molecular weight is 266 g/mol. The summed E-state index contributed by atoms with van der Waals surface area (Å²) in [5.41, 5.74) is -0.0837. The lowest BCUT2D eigenvalue weighted by Crippen LogP contribution is -2.49. The summed E-state index contributed by atoms with van der Waals surface area (Å²) in [6, 6.07) is 0.667. The molecule has 3 nitrogen and oxygen atoms in total. The van der Waals surface area contributed by atoms with Gasteiger partial charge in [-0.25, -0.2) is 0 Å². The Hall–Kier alpha value is -0.410. The van der Waals surface area contributed by atoms with Crippen LogP contribution in [0, 0.1) is 11.3 Å². The lowest BCUT2D eigenvalue weighted by Gasteiger charge is -2.40. The molecule has 3 heteroatoms. The maximum absolute atomic E-state index is 12.5. The molecule has 1 aliphatic heterocycles. The lowest BCUT2D eigenvalue weighted by atomic mass is 9.71. The van der Waals surface area contributed by atoms with E-state index < -0.39 is 0 Å². The molecule has 0 aromatic rings. The number of likely N-dealkylation sites (tertiary alicyclic amines) is 1. The fourth-order valence-corrected chi connectivity index (χ4v) is 3.70. The fraction of sp³-hybridized carbons (Fsp3) is 0.938. The summed E-state index contributed by atoms with van der Waals surface area (Å²) in [5, 5.41) is 0. The number of rotatable bonds is 3. The minimum atomic E-state index is -0.0837. The number of hydrogen-bond acceptors (Lipinski definition) is 3. The van der Waals surface area contributed by atoms with Crippen molar-refractivity contribution in [2.45, 2.75) is 52.0 Å². The third-order valence-corrected chi connectivity index (χ3v) is 5.08. The van der Waals surface area contributed by atoms with Gasteiger partial charge in [-0.05, 0) is 46.3 Å². The predicted molar refractivity (Wildman–Crippen MR) is 79.3 cm³/mol. The van der Waals surface area contributed by atoms with Crippen molar-refractivity contribution in [3.8, 4) is 0 Å². The molecule has 0 aromatic heterocycles. The highest BCUT2D eigenvalue weighted by Crippen LogP contribution is 2.36. The summed E-state index contributed by atoms with van der Waals surface area (Å²) in [6.07, 6.45) is 5.96. The Bertz CT molecular complexity index is 325. The van der Waals surface area contributed by atoms with Gasteiger partial charge < -0.3 is 9.80 Å². The summed E-state index contributed by atoms with van der Waals surface area (Å²) < 4.78 is 0. The molecule has 0 amide bonds. The highest BCUT2D eigenvalue weighted by atomic mass is 16.1. The number of likely N-dealkylation sites (N-methyl/N-ethyl adjacent to an activating group) is 1. The minimum Gasteiger partial charge on any atom is -0.305 e. The molecule has 2 unspecified atom stereocenters. The van der Waals surface area contributed by atoms with Gasteiger partial charge in [0.1, 0.15) is 5.78 Å². The van der Waals surface area contributed by atoms with Crippen molar-refractivity contribution >= 4 is 5.78 Å². The second-order valence-corrected chi connectivity index (χ2v) is 7.36. The van der Waals surface area contributed by atoms with Gasteiger partial charge in [0.15, 0.2) is 0 Å². The van der Waals surface area contributed by atoms with Crippen molar-refractivity contribution in [2.24, 2.45) is 11.3 Å². The molecule has 1 heterocycles. The highest BCUT2D eigenvalue weighted by Gasteiger charge is 2.38. The monoisotopic (exact) mass is 266 g/mol. The van der Waals surface area contributed by atoms with Crippen molar-refractivity contribution < 1.29 is 4.79 Å². The number of hydrogen-bond donors (Lipinski definition) is 0. The van der Waals surface area contributed by atoms with Crippen LogP contribution in [0.3, 0.4) is 0 Å². The summed E-state index contributed by atoms with van der Waals surface area (Å²) >= 11 is 0. The molecule has 2 rings (SSSR count). The average Bonchev–Trinajstić information content (AvgIpc) is 2.35. The zero-order valence-electron chi connectivity index (χ0n) is 13.1. The molecule has 0 spiro atoms. The van der Waals surface area contributed by atoms with Crippen molar-refractivity contribution in [1.82, 2.24) is 9.80 Å². The fourth-order valence-electron chi connectivity index (χ4n) is 3.70. The van der Waals surface area contributed by atoms with Crippen LogP contribution in [0.2, 0.25) is 0 Å². The van der Waals surface area contributed by atoms with Gasteiger partial charge in [-0.2, -0.15) is 0 Å². The van der Waals surface area contributed by atoms with Crippen LogP contribution in [-0.4, -0.2) is 55.4 Å². The molecule has 0 aromatic carbocycles. The first-order valence-electron chi connectivity index (χ1n) is 7.83. The molecule has 1 saturated carbocycles. The normalized spacial score (nSPS) is 32.8. The topological polar surface area (TPSA) is 23.6 Å². The number of ketones is 1. The summed E-state index contributed by atoms with van der Waals surface area (Å²) in [6.45, 7) is 7.55. The first kappa shape index (κ1) is 15.0. The van der Waals surface area contributed by atoms with E-state index in [2.05, 4.69) is 37.7 Å². The molecule has 110 valence electrons. The summed E-state index contributed by atoms with van der Waals surface area (Å²) in [4.78, 5) is 17.4. The number of nitrogens with zero attached hydrogens (tertiary/aromatic N) is 2. The van der Waals surface area contributed by atoms with Crippen LogP contribution in [-0.2, 0) is 4.79 Å². The van der Waals surface area contributed by atoms with Gasteiger partial charge in [0, 0.05) is 30.5 Å². The first-order chi connectivity index (χ1) is 8.90. The van der Waals surface area contributed by atoms with Gasteiger partial charge in [0.2, 0.25) is 0 Å². The van der Waals surface area contributed by atoms with Gasteiger partial charge in [-0.15, -0.1) is 0 Å². The van der Waals surface area contributed by atoms with E-state index in [9.17, 15) is 4.79 Å². The molecule has 19 heavy (non-hydrogen) atoms. The van der Waals surface area contributed by atoms with E-state index in [-0.39, 0.29) is 11.3 Å². The number of Topliss-reactive ketones (excluding diaryl/α,β-unsaturated/α-hetero) is 1. The third kappa shape index (κ3) is 3.57. The smallest absolute Gasteiger partial charge is 0.142 e. The molecule has 2 fully saturated rings. The van der Waals surface area contributed by atoms with Gasteiger partial charge >= 0.3 is 0 Å². The molecule has 2 atom stereocenters. The standard InChI is InChI=1S/C16H30N2O/c1-16(2)9-5-7-13(15(16)19)11-18-10-6-8-14(12-18)17(3)4/h13-14H,5-12H2,1-4H3. The van der Waals surface area contributed by atoms with E-state index in [0.717, 1.165) is 25.9 Å². The first-order valence-corrected chi connectivity index (χ1v) is 7.83. The molecule has 1 saturated heterocycles. The molecule has 2 aliphatic rings. The van der Waals surface area contributed by atoms with Crippen molar-refractivity contribution in [3.05, 3.63) is 0 Å². The molecular weight excluding hydrogens is 236 g/mol. The lowest BCUT2D eigenvalue weighted by molar-refractivity contribution is -0.135. The van der Waals surface area contributed by atoms with E-state index in [1.807, 2.05) is 0 Å². The van der Waals surface area contributed by atoms with E-state index in [1.54, 1.807) is 0 Å². The Morgan fingerprint density at radius 3 is 2.68 bits per heavy atom. The van der Waals surface area contributed by atoms with Crippen LogP contribution in [0.4, 0.5) is 0 Å².